The molecule has 0 bridgehead atoms. The molecule has 0 aromatic heterocycles. The average molecular weight is 407 g/mol. The van der Waals surface area contributed by atoms with Crippen LogP contribution in [0.15, 0.2) is 48.5 Å². The fourth-order valence-electron chi connectivity index (χ4n) is 2.70. The van der Waals surface area contributed by atoms with Crippen LogP contribution in [0.1, 0.15) is 25.0 Å². The number of carbonyl (C=O) groups excluding carboxylic acids is 2. The molecule has 2 rings (SSSR count). The van der Waals surface area contributed by atoms with Crippen molar-refractivity contribution in [2.75, 3.05) is 6.54 Å². The maximum atomic E-state index is 12.5. The zero-order valence-corrected chi connectivity index (χ0v) is 17.0. The molecule has 0 aliphatic rings. The van der Waals surface area contributed by atoms with Gasteiger partial charge in [-0.3, -0.25) is 9.59 Å². The van der Waals surface area contributed by atoms with Crippen LogP contribution in [-0.4, -0.2) is 24.4 Å². The molecule has 0 fully saturated rings. The molecular formula is C21H24Cl2N2O2. The van der Waals surface area contributed by atoms with Crippen molar-refractivity contribution >= 4 is 35.0 Å². The molecule has 2 aromatic rings. The molecule has 6 heteroatoms. The number of benzene rings is 2. The van der Waals surface area contributed by atoms with Crippen LogP contribution < -0.4 is 10.6 Å². The van der Waals surface area contributed by atoms with Crippen LogP contribution in [-0.2, 0) is 22.4 Å². The van der Waals surface area contributed by atoms with Gasteiger partial charge < -0.3 is 10.6 Å². The summed E-state index contributed by atoms with van der Waals surface area (Å²) in [6.07, 6.45) is 0.836. The number of halogens is 2. The zero-order valence-electron chi connectivity index (χ0n) is 15.5. The van der Waals surface area contributed by atoms with E-state index >= 15 is 0 Å². The Hall–Kier alpha value is -2.04. The molecule has 0 heterocycles. The molecule has 27 heavy (non-hydrogen) atoms. The lowest BCUT2D eigenvalue weighted by atomic mass is 10.0. The third-order valence-electron chi connectivity index (χ3n) is 4.18. The molecule has 0 radical (unpaired) electrons. The van der Waals surface area contributed by atoms with Crippen LogP contribution in [0.5, 0.6) is 0 Å². The first-order valence-electron chi connectivity index (χ1n) is 8.91. The Morgan fingerprint density at radius 1 is 1.04 bits per heavy atom. The summed E-state index contributed by atoms with van der Waals surface area (Å²) < 4.78 is 0. The highest BCUT2D eigenvalue weighted by molar-refractivity contribution is 6.35. The van der Waals surface area contributed by atoms with E-state index in [1.807, 2.05) is 50.2 Å². The number of rotatable bonds is 8. The summed E-state index contributed by atoms with van der Waals surface area (Å²) in [6, 6.07) is 14.2. The van der Waals surface area contributed by atoms with Crippen molar-refractivity contribution in [2.24, 2.45) is 5.92 Å². The molecule has 0 unspecified atom stereocenters. The highest BCUT2D eigenvalue weighted by atomic mass is 35.5. The van der Waals surface area contributed by atoms with Crippen molar-refractivity contribution in [1.29, 1.82) is 0 Å². The minimum absolute atomic E-state index is 0.0242. The van der Waals surface area contributed by atoms with E-state index in [4.69, 9.17) is 23.2 Å². The second kappa shape index (κ2) is 10.3. The van der Waals surface area contributed by atoms with Crippen molar-refractivity contribution in [1.82, 2.24) is 10.6 Å². The predicted molar refractivity (Wildman–Crippen MR) is 110 cm³/mol. The predicted octanol–water partition coefficient (Wildman–Crippen LogP) is 4.04. The van der Waals surface area contributed by atoms with E-state index in [0.29, 0.717) is 23.0 Å². The third-order valence-corrected chi connectivity index (χ3v) is 4.77. The average Bonchev–Trinajstić information content (AvgIpc) is 2.62. The molecule has 0 spiro atoms. The molecule has 2 N–H and O–H groups in total. The van der Waals surface area contributed by atoms with Gasteiger partial charge >= 0.3 is 0 Å². The lowest BCUT2D eigenvalue weighted by molar-refractivity contribution is -0.129. The van der Waals surface area contributed by atoms with Gasteiger partial charge in [0.25, 0.3) is 0 Å². The van der Waals surface area contributed by atoms with Gasteiger partial charge in [0.15, 0.2) is 0 Å². The highest BCUT2D eigenvalue weighted by Gasteiger charge is 2.23. The topological polar surface area (TPSA) is 58.2 Å². The van der Waals surface area contributed by atoms with E-state index in [2.05, 4.69) is 10.6 Å². The Morgan fingerprint density at radius 2 is 1.74 bits per heavy atom. The van der Waals surface area contributed by atoms with E-state index < -0.39 is 6.04 Å². The minimum Gasteiger partial charge on any atom is -0.354 e. The van der Waals surface area contributed by atoms with Crippen LogP contribution in [0, 0.1) is 5.92 Å². The van der Waals surface area contributed by atoms with E-state index in [-0.39, 0.29) is 24.2 Å². The molecule has 0 saturated heterocycles. The maximum Gasteiger partial charge on any atom is 0.242 e. The number of nitrogens with one attached hydrogen (secondary N) is 2. The normalized spacial score (nSPS) is 11.9. The summed E-state index contributed by atoms with van der Waals surface area (Å²) in [6.45, 7) is 4.24. The number of hydrogen-bond acceptors (Lipinski definition) is 2. The quantitative estimate of drug-likeness (QED) is 0.694. The summed E-state index contributed by atoms with van der Waals surface area (Å²) in [4.78, 5) is 24.8. The van der Waals surface area contributed by atoms with E-state index in [1.165, 1.54) is 0 Å². The molecule has 0 saturated carbocycles. The van der Waals surface area contributed by atoms with E-state index in [1.54, 1.807) is 12.1 Å². The fourth-order valence-corrected chi connectivity index (χ4v) is 3.20. The summed E-state index contributed by atoms with van der Waals surface area (Å²) in [5.74, 6) is -0.392. The van der Waals surface area contributed by atoms with E-state index in [0.717, 1.165) is 11.1 Å². The molecule has 0 aliphatic carbocycles. The van der Waals surface area contributed by atoms with Gasteiger partial charge in [-0.2, -0.15) is 0 Å². The molecule has 4 nitrogen and oxygen atoms in total. The Balaban J connectivity index is 1.87. The van der Waals surface area contributed by atoms with Crippen LogP contribution >= 0.6 is 23.2 Å². The van der Waals surface area contributed by atoms with Gasteiger partial charge in [-0.1, -0.05) is 73.4 Å². The lowest BCUT2D eigenvalue weighted by Gasteiger charge is -2.22. The summed E-state index contributed by atoms with van der Waals surface area (Å²) >= 11 is 12.0. The second-order valence-corrected chi connectivity index (χ2v) is 7.57. The van der Waals surface area contributed by atoms with Crippen molar-refractivity contribution in [3.8, 4) is 0 Å². The molecule has 2 amide bonds. The smallest absolute Gasteiger partial charge is 0.242 e. The van der Waals surface area contributed by atoms with Crippen LogP contribution in [0.4, 0.5) is 0 Å². The Bertz CT molecular complexity index is 779. The van der Waals surface area contributed by atoms with Gasteiger partial charge in [-0.15, -0.1) is 0 Å². The first-order chi connectivity index (χ1) is 12.9. The van der Waals surface area contributed by atoms with Gasteiger partial charge in [0, 0.05) is 16.6 Å². The SMILES string of the molecule is CC(C)[C@H](NC(=O)Cc1ccccc1)C(=O)NCCc1ccc(Cl)cc1Cl. The van der Waals surface area contributed by atoms with Crippen molar-refractivity contribution < 1.29 is 9.59 Å². The first-order valence-corrected chi connectivity index (χ1v) is 9.67. The van der Waals surface area contributed by atoms with E-state index in [9.17, 15) is 9.59 Å². The summed E-state index contributed by atoms with van der Waals surface area (Å²) in [5.41, 5.74) is 1.82. The molecule has 2 aromatic carbocycles. The molecule has 0 aliphatic heterocycles. The maximum absolute atomic E-state index is 12.5. The lowest BCUT2D eigenvalue weighted by Crippen LogP contribution is -2.50. The standard InChI is InChI=1S/C21H24Cl2N2O2/c1-14(2)20(25-19(26)12-15-6-4-3-5-7-15)21(27)24-11-10-16-8-9-17(22)13-18(16)23/h3-9,13-14,20H,10-12H2,1-2H3,(H,24,27)(H,25,26)/t20-/m0/s1. The summed E-state index contributed by atoms with van der Waals surface area (Å²) in [7, 11) is 0. The largest absolute Gasteiger partial charge is 0.354 e. The molecule has 1 atom stereocenters. The Kier molecular flexibility index (Phi) is 8.14. The van der Waals surface area contributed by atoms with Gasteiger partial charge in [0.2, 0.25) is 11.8 Å². The van der Waals surface area contributed by atoms with Crippen LogP contribution in [0.2, 0.25) is 10.0 Å². The zero-order chi connectivity index (χ0) is 19.8. The van der Waals surface area contributed by atoms with Crippen molar-refractivity contribution in [3.05, 3.63) is 69.7 Å². The van der Waals surface area contributed by atoms with Gasteiger partial charge in [-0.25, -0.2) is 0 Å². The minimum atomic E-state index is -0.582. The van der Waals surface area contributed by atoms with Gasteiger partial charge in [-0.05, 0) is 35.6 Å². The monoisotopic (exact) mass is 406 g/mol. The Labute approximate surface area is 170 Å². The number of amides is 2. The molecular weight excluding hydrogens is 383 g/mol. The van der Waals surface area contributed by atoms with Crippen LogP contribution in [0.3, 0.4) is 0 Å². The highest BCUT2D eigenvalue weighted by Crippen LogP contribution is 2.21. The van der Waals surface area contributed by atoms with Crippen molar-refractivity contribution in [3.63, 3.8) is 0 Å². The van der Waals surface area contributed by atoms with Crippen LogP contribution in [0.25, 0.3) is 0 Å². The first kappa shape index (κ1) is 21.3. The van der Waals surface area contributed by atoms with Crippen molar-refractivity contribution in [2.45, 2.75) is 32.7 Å². The van der Waals surface area contributed by atoms with Gasteiger partial charge in [0.05, 0.1) is 6.42 Å². The third kappa shape index (κ3) is 6.89. The summed E-state index contributed by atoms with van der Waals surface area (Å²) in [5, 5.41) is 6.87. The number of hydrogen-bond donors (Lipinski definition) is 2. The Morgan fingerprint density at radius 3 is 2.37 bits per heavy atom. The number of carbonyl (C=O) groups is 2. The van der Waals surface area contributed by atoms with Gasteiger partial charge in [0.1, 0.15) is 6.04 Å². The fraction of sp³-hybridized carbons (Fsp3) is 0.333. The second-order valence-electron chi connectivity index (χ2n) is 6.73. The molecule has 144 valence electrons.